The van der Waals surface area contributed by atoms with Gasteiger partial charge in [-0.05, 0) is 53.1 Å². The predicted molar refractivity (Wildman–Crippen MR) is 194 cm³/mol. The van der Waals surface area contributed by atoms with Gasteiger partial charge in [-0.15, -0.1) is 0 Å². The van der Waals surface area contributed by atoms with E-state index in [1.165, 1.54) is 22.1 Å². The number of ether oxygens (including phenoxy) is 2. The molecule has 0 atom stereocenters. The fraction of sp³-hybridized carbons (Fsp3) is 0.179. The number of nitrogens with one attached hydrogen (secondary N) is 2. The van der Waals surface area contributed by atoms with Gasteiger partial charge in [-0.1, -0.05) is 72.8 Å². The van der Waals surface area contributed by atoms with Gasteiger partial charge < -0.3 is 29.4 Å². The van der Waals surface area contributed by atoms with Gasteiger partial charge in [0.2, 0.25) is 5.91 Å². The third-order valence-corrected chi connectivity index (χ3v) is 8.68. The summed E-state index contributed by atoms with van der Waals surface area (Å²) >= 11 is 0. The van der Waals surface area contributed by atoms with Crippen LogP contribution in [-0.2, 0) is 21.7 Å². The van der Waals surface area contributed by atoms with Gasteiger partial charge in [0.25, 0.3) is 5.91 Å². The van der Waals surface area contributed by atoms with Crippen LogP contribution in [0.15, 0.2) is 122 Å². The first-order chi connectivity index (χ1) is 25.3. The molecule has 0 spiro atoms. The summed E-state index contributed by atoms with van der Waals surface area (Å²) < 4.78 is 12.4. The summed E-state index contributed by atoms with van der Waals surface area (Å²) in [6, 6.07) is 34.0. The predicted octanol–water partition coefficient (Wildman–Crippen LogP) is 4.59. The molecule has 0 unspecified atom stereocenters. The summed E-state index contributed by atoms with van der Waals surface area (Å²) in [4.78, 5) is 52.7. The highest BCUT2D eigenvalue weighted by molar-refractivity contribution is 6.06. The van der Waals surface area contributed by atoms with E-state index in [9.17, 15) is 19.5 Å². The maximum Gasteiger partial charge on any atom is 0.323 e. The molecule has 0 aliphatic heterocycles. The molecule has 52 heavy (non-hydrogen) atoms. The first-order valence-electron chi connectivity index (χ1n) is 16.4. The van der Waals surface area contributed by atoms with E-state index in [1.807, 2.05) is 84.9 Å². The molecule has 13 nitrogen and oxygen atoms in total. The van der Waals surface area contributed by atoms with E-state index in [-0.39, 0.29) is 36.9 Å². The van der Waals surface area contributed by atoms with Crippen LogP contribution in [0.25, 0.3) is 11.2 Å². The van der Waals surface area contributed by atoms with Gasteiger partial charge >= 0.3 is 5.97 Å². The zero-order valence-electron chi connectivity index (χ0n) is 28.6. The minimum absolute atomic E-state index is 0.0615. The van der Waals surface area contributed by atoms with Crippen molar-refractivity contribution in [1.82, 2.24) is 29.7 Å². The summed E-state index contributed by atoms with van der Waals surface area (Å²) in [5.74, 6) is -0.413. The number of anilines is 1. The van der Waals surface area contributed by atoms with Crippen molar-refractivity contribution >= 4 is 34.8 Å². The molecule has 0 saturated heterocycles. The van der Waals surface area contributed by atoms with Crippen LogP contribution in [0.4, 0.5) is 5.82 Å². The van der Waals surface area contributed by atoms with Crippen molar-refractivity contribution in [2.24, 2.45) is 0 Å². The van der Waals surface area contributed by atoms with Crippen LogP contribution < -0.4 is 20.1 Å². The molecule has 0 fully saturated rings. The lowest BCUT2D eigenvalue weighted by Crippen LogP contribution is -2.49. The van der Waals surface area contributed by atoms with Crippen LogP contribution in [0.2, 0.25) is 0 Å². The number of aromatic nitrogens is 4. The Balaban J connectivity index is 1.27. The molecular formula is C39H37N7O6. The molecular weight excluding hydrogens is 662 g/mol. The van der Waals surface area contributed by atoms with Gasteiger partial charge in [0, 0.05) is 18.7 Å². The number of nitrogens with zero attached hydrogens (tertiary/aromatic N) is 5. The van der Waals surface area contributed by atoms with Crippen molar-refractivity contribution in [3.8, 4) is 11.5 Å². The average Bonchev–Trinajstić information content (AvgIpc) is 3.60. The average molecular weight is 700 g/mol. The van der Waals surface area contributed by atoms with Gasteiger partial charge in [-0.2, -0.15) is 0 Å². The van der Waals surface area contributed by atoms with Crippen LogP contribution in [0.5, 0.6) is 11.5 Å². The monoisotopic (exact) mass is 699 g/mol. The van der Waals surface area contributed by atoms with E-state index in [0.717, 1.165) is 16.7 Å². The molecule has 264 valence electrons. The van der Waals surface area contributed by atoms with Gasteiger partial charge in [0.1, 0.15) is 30.9 Å². The molecule has 2 amide bonds. The van der Waals surface area contributed by atoms with Crippen molar-refractivity contribution < 1.29 is 29.0 Å². The van der Waals surface area contributed by atoms with Crippen LogP contribution >= 0.6 is 0 Å². The fourth-order valence-corrected chi connectivity index (χ4v) is 6.11. The van der Waals surface area contributed by atoms with E-state index in [0.29, 0.717) is 22.7 Å². The number of carbonyl (C=O) groups excluding carboxylic acids is 2. The SMILES string of the molecule is COc1ccc(C(NCCN(CC(=O)O)C(=O)Cn2cnc3c(NC(=O)c4ccccc4)ncnc32)(c2ccccc2)c2ccc(OC)cc2)cc1. The largest absolute Gasteiger partial charge is 0.497 e. The van der Waals surface area contributed by atoms with Crippen molar-refractivity contribution in [3.05, 3.63) is 144 Å². The summed E-state index contributed by atoms with van der Waals surface area (Å²) in [6.45, 7) is -0.488. The van der Waals surface area contributed by atoms with Gasteiger partial charge in [0.05, 0.1) is 26.1 Å². The number of carboxylic acids is 1. The van der Waals surface area contributed by atoms with E-state index < -0.39 is 24.0 Å². The molecule has 13 heteroatoms. The number of imidazole rings is 1. The highest BCUT2D eigenvalue weighted by Crippen LogP contribution is 2.38. The Labute approximate surface area is 299 Å². The Hall–Kier alpha value is -6.60. The Kier molecular flexibility index (Phi) is 10.8. The Bertz CT molecular complexity index is 2090. The van der Waals surface area contributed by atoms with Gasteiger partial charge in [-0.25, -0.2) is 15.0 Å². The fourth-order valence-electron chi connectivity index (χ4n) is 6.11. The second-order valence-corrected chi connectivity index (χ2v) is 11.8. The number of carboxylic acid groups (broad SMARTS) is 1. The minimum atomic E-state index is -1.16. The normalized spacial score (nSPS) is 11.2. The lowest BCUT2D eigenvalue weighted by atomic mass is 9.77. The van der Waals surface area contributed by atoms with Crippen molar-refractivity contribution in [1.29, 1.82) is 0 Å². The van der Waals surface area contributed by atoms with E-state index in [2.05, 4.69) is 25.6 Å². The summed E-state index contributed by atoms with van der Waals surface area (Å²) in [5.41, 5.74) is 2.87. The Morgan fingerprint density at radius 2 is 1.35 bits per heavy atom. The topological polar surface area (TPSA) is 161 Å². The van der Waals surface area contributed by atoms with E-state index >= 15 is 0 Å². The highest BCUT2D eigenvalue weighted by Gasteiger charge is 2.36. The number of carbonyl (C=O) groups is 3. The number of rotatable bonds is 15. The summed E-state index contributed by atoms with van der Waals surface area (Å²) in [5, 5.41) is 16.3. The number of fused-ring (bicyclic) bond motifs is 1. The zero-order valence-corrected chi connectivity index (χ0v) is 28.6. The van der Waals surface area contributed by atoms with E-state index in [4.69, 9.17) is 9.47 Å². The van der Waals surface area contributed by atoms with Crippen LogP contribution in [-0.4, -0.2) is 81.2 Å². The maximum absolute atomic E-state index is 13.8. The molecule has 0 radical (unpaired) electrons. The maximum atomic E-state index is 13.8. The molecule has 0 aliphatic carbocycles. The second kappa shape index (κ2) is 16.0. The lowest BCUT2D eigenvalue weighted by molar-refractivity contribution is -0.144. The van der Waals surface area contributed by atoms with Crippen LogP contribution in [0.3, 0.4) is 0 Å². The van der Waals surface area contributed by atoms with Crippen LogP contribution in [0.1, 0.15) is 27.0 Å². The molecule has 0 bridgehead atoms. The third-order valence-electron chi connectivity index (χ3n) is 8.68. The Morgan fingerprint density at radius 3 is 1.92 bits per heavy atom. The van der Waals surface area contributed by atoms with Crippen molar-refractivity contribution in [2.75, 3.05) is 39.2 Å². The molecule has 0 aliphatic rings. The minimum Gasteiger partial charge on any atom is -0.497 e. The van der Waals surface area contributed by atoms with Crippen molar-refractivity contribution in [2.45, 2.75) is 12.1 Å². The number of amides is 2. The molecule has 6 rings (SSSR count). The first-order valence-corrected chi connectivity index (χ1v) is 16.4. The zero-order chi connectivity index (χ0) is 36.5. The van der Waals surface area contributed by atoms with Crippen molar-refractivity contribution in [3.63, 3.8) is 0 Å². The van der Waals surface area contributed by atoms with E-state index in [1.54, 1.807) is 38.5 Å². The second-order valence-electron chi connectivity index (χ2n) is 11.8. The number of hydrogen-bond donors (Lipinski definition) is 3. The van der Waals surface area contributed by atoms with Gasteiger partial charge in [0.15, 0.2) is 17.0 Å². The third kappa shape index (κ3) is 7.59. The quantitative estimate of drug-likeness (QED) is 0.129. The summed E-state index contributed by atoms with van der Waals surface area (Å²) in [7, 11) is 3.22. The molecule has 2 heterocycles. The van der Waals surface area contributed by atoms with Gasteiger partial charge in [-0.3, -0.25) is 19.7 Å². The smallest absolute Gasteiger partial charge is 0.323 e. The molecule has 4 aromatic carbocycles. The number of benzene rings is 4. The number of hydrogen-bond acceptors (Lipinski definition) is 9. The lowest BCUT2D eigenvalue weighted by Gasteiger charge is -2.38. The highest BCUT2D eigenvalue weighted by atomic mass is 16.5. The molecule has 2 aromatic heterocycles. The Morgan fingerprint density at radius 1 is 0.769 bits per heavy atom. The standard InChI is InChI=1S/C39H37N7O6/c1-51-31-17-13-29(14-18-31)39(28-11-7-4-8-12-28,30-15-19-32(52-2)20-16-30)43-21-22-45(24-34(48)49)33(47)23-46-26-42-35-36(40-25-41-37(35)46)44-38(50)27-9-5-3-6-10-27/h3-20,25-26,43H,21-24H2,1-2H3,(H,48,49)(H,40,41,44,50). The first kappa shape index (κ1) is 35.2. The number of methoxy groups -OCH3 is 2. The number of aliphatic carboxylic acids is 1. The summed E-state index contributed by atoms with van der Waals surface area (Å²) in [6.07, 6.45) is 2.69. The van der Waals surface area contributed by atoms with Crippen LogP contribution in [0, 0.1) is 0 Å². The molecule has 3 N–H and O–H groups in total. The molecule has 0 saturated carbocycles. The molecule has 6 aromatic rings.